The van der Waals surface area contributed by atoms with Gasteiger partial charge in [-0.15, -0.1) is 0 Å². The van der Waals surface area contributed by atoms with E-state index in [2.05, 4.69) is 21.4 Å². The molecule has 0 spiro atoms. The minimum atomic E-state index is -0.141. The van der Waals surface area contributed by atoms with E-state index in [1.54, 1.807) is 17.0 Å². The van der Waals surface area contributed by atoms with Gasteiger partial charge in [0.2, 0.25) is 0 Å². The predicted molar refractivity (Wildman–Crippen MR) is 77.5 cm³/mol. The fourth-order valence-corrected chi connectivity index (χ4v) is 2.31. The zero-order valence-corrected chi connectivity index (χ0v) is 11.3. The molecule has 5 nitrogen and oxygen atoms in total. The molecule has 2 N–H and O–H groups in total. The Labute approximate surface area is 116 Å². The summed E-state index contributed by atoms with van der Waals surface area (Å²) >= 11 is 0. The SMILES string of the molecule is Cn1ccnc1C(=O)NCCc1c[nH]c2ccccc12. The molecule has 0 unspecified atom stereocenters. The molecule has 5 heteroatoms. The average molecular weight is 268 g/mol. The lowest BCUT2D eigenvalue weighted by Gasteiger charge is -2.04. The summed E-state index contributed by atoms with van der Waals surface area (Å²) in [5.41, 5.74) is 2.33. The molecule has 2 aromatic heterocycles. The maximum Gasteiger partial charge on any atom is 0.287 e. The van der Waals surface area contributed by atoms with Gasteiger partial charge in [0.05, 0.1) is 0 Å². The number of hydrogen-bond acceptors (Lipinski definition) is 2. The number of nitrogens with zero attached hydrogens (tertiary/aromatic N) is 2. The maximum atomic E-state index is 11.9. The monoisotopic (exact) mass is 268 g/mol. The van der Waals surface area contributed by atoms with Crippen molar-refractivity contribution in [3.63, 3.8) is 0 Å². The van der Waals surface area contributed by atoms with Gasteiger partial charge < -0.3 is 14.9 Å². The molecule has 0 aliphatic heterocycles. The van der Waals surface area contributed by atoms with Crippen molar-refractivity contribution in [2.75, 3.05) is 6.54 Å². The lowest BCUT2D eigenvalue weighted by Crippen LogP contribution is -2.28. The van der Waals surface area contributed by atoms with Crippen molar-refractivity contribution in [1.82, 2.24) is 19.9 Å². The van der Waals surface area contributed by atoms with Gasteiger partial charge >= 0.3 is 0 Å². The van der Waals surface area contributed by atoms with Crippen molar-refractivity contribution in [1.29, 1.82) is 0 Å². The van der Waals surface area contributed by atoms with E-state index in [1.807, 2.05) is 31.4 Å². The van der Waals surface area contributed by atoms with E-state index in [0.29, 0.717) is 12.4 Å². The molecule has 20 heavy (non-hydrogen) atoms. The highest BCUT2D eigenvalue weighted by Crippen LogP contribution is 2.17. The van der Waals surface area contributed by atoms with Crippen LogP contribution in [0.25, 0.3) is 10.9 Å². The normalized spacial score (nSPS) is 10.8. The number of para-hydroxylation sites is 1. The molecule has 0 aliphatic rings. The number of benzene rings is 1. The zero-order valence-electron chi connectivity index (χ0n) is 11.3. The van der Waals surface area contributed by atoms with Crippen LogP contribution < -0.4 is 5.32 Å². The summed E-state index contributed by atoms with van der Waals surface area (Å²) < 4.78 is 1.71. The maximum absolute atomic E-state index is 11.9. The highest BCUT2D eigenvalue weighted by atomic mass is 16.2. The molecule has 3 aromatic rings. The van der Waals surface area contributed by atoms with E-state index in [-0.39, 0.29) is 5.91 Å². The molecule has 0 atom stereocenters. The van der Waals surface area contributed by atoms with Crippen LogP contribution in [0.4, 0.5) is 0 Å². The lowest BCUT2D eigenvalue weighted by molar-refractivity contribution is 0.0940. The number of H-pyrrole nitrogens is 1. The van der Waals surface area contributed by atoms with Crippen LogP contribution in [0.1, 0.15) is 16.2 Å². The minimum Gasteiger partial charge on any atom is -0.361 e. The van der Waals surface area contributed by atoms with Gasteiger partial charge in [0, 0.05) is 43.1 Å². The highest BCUT2D eigenvalue weighted by Gasteiger charge is 2.10. The molecular weight excluding hydrogens is 252 g/mol. The van der Waals surface area contributed by atoms with Crippen molar-refractivity contribution in [2.45, 2.75) is 6.42 Å². The number of aromatic nitrogens is 3. The third-order valence-corrected chi connectivity index (χ3v) is 3.38. The first-order chi connectivity index (χ1) is 9.75. The number of carbonyl (C=O) groups is 1. The summed E-state index contributed by atoms with van der Waals surface area (Å²) in [6, 6.07) is 8.16. The Morgan fingerprint density at radius 2 is 2.25 bits per heavy atom. The number of fused-ring (bicyclic) bond motifs is 1. The second-order valence-electron chi connectivity index (χ2n) is 4.73. The van der Waals surface area contributed by atoms with Crippen LogP contribution >= 0.6 is 0 Å². The van der Waals surface area contributed by atoms with Crippen LogP contribution in [0.15, 0.2) is 42.9 Å². The predicted octanol–water partition coefficient (Wildman–Crippen LogP) is 1.87. The van der Waals surface area contributed by atoms with Crippen LogP contribution in [-0.4, -0.2) is 27.0 Å². The first kappa shape index (κ1) is 12.5. The van der Waals surface area contributed by atoms with Gasteiger partial charge in [0.25, 0.3) is 5.91 Å². The molecule has 1 amide bonds. The fourth-order valence-electron chi connectivity index (χ4n) is 2.31. The Hall–Kier alpha value is -2.56. The van der Waals surface area contributed by atoms with Crippen LogP contribution in [0.3, 0.4) is 0 Å². The molecule has 102 valence electrons. The molecular formula is C15H16N4O. The molecule has 0 saturated carbocycles. The van der Waals surface area contributed by atoms with Crippen LogP contribution in [-0.2, 0) is 13.5 Å². The Morgan fingerprint density at radius 3 is 3.05 bits per heavy atom. The molecule has 1 aromatic carbocycles. The molecule has 0 fully saturated rings. The van der Waals surface area contributed by atoms with Gasteiger partial charge in [0.15, 0.2) is 5.82 Å². The Morgan fingerprint density at radius 1 is 1.40 bits per heavy atom. The van der Waals surface area contributed by atoms with Gasteiger partial charge in [-0.25, -0.2) is 4.98 Å². The van der Waals surface area contributed by atoms with Gasteiger partial charge in [-0.3, -0.25) is 4.79 Å². The lowest BCUT2D eigenvalue weighted by atomic mass is 10.1. The highest BCUT2D eigenvalue weighted by molar-refractivity contribution is 5.90. The van der Waals surface area contributed by atoms with E-state index < -0.39 is 0 Å². The zero-order chi connectivity index (χ0) is 13.9. The van der Waals surface area contributed by atoms with Crippen LogP contribution in [0.2, 0.25) is 0 Å². The van der Waals surface area contributed by atoms with E-state index in [1.165, 1.54) is 10.9 Å². The van der Waals surface area contributed by atoms with E-state index in [4.69, 9.17) is 0 Å². The summed E-state index contributed by atoms with van der Waals surface area (Å²) in [6.45, 7) is 0.591. The number of carbonyl (C=O) groups excluding carboxylic acids is 1. The molecule has 0 bridgehead atoms. The number of imidazole rings is 1. The third-order valence-electron chi connectivity index (χ3n) is 3.38. The molecule has 2 heterocycles. The van der Waals surface area contributed by atoms with Crippen molar-refractivity contribution in [2.24, 2.45) is 7.05 Å². The molecule has 3 rings (SSSR count). The first-order valence-corrected chi connectivity index (χ1v) is 6.56. The summed E-state index contributed by atoms with van der Waals surface area (Å²) in [6.07, 6.45) is 6.17. The third kappa shape index (κ3) is 2.30. The van der Waals surface area contributed by atoms with Crippen LogP contribution in [0, 0.1) is 0 Å². The van der Waals surface area contributed by atoms with E-state index in [0.717, 1.165) is 11.9 Å². The molecule has 0 aliphatic carbocycles. The Bertz CT molecular complexity index is 741. The van der Waals surface area contributed by atoms with Gasteiger partial charge in [-0.2, -0.15) is 0 Å². The smallest absolute Gasteiger partial charge is 0.287 e. The second-order valence-corrected chi connectivity index (χ2v) is 4.73. The van der Waals surface area contributed by atoms with Crippen molar-refractivity contribution < 1.29 is 4.79 Å². The van der Waals surface area contributed by atoms with Crippen LogP contribution in [0.5, 0.6) is 0 Å². The average Bonchev–Trinajstić information content (AvgIpc) is 3.05. The number of nitrogens with one attached hydrogen (secondary N) is 2. The summed E-state index contributed by atoms with van der Waals surface area (Å²) in [5.74, 6) is 0.293. The largest absolute Gasteiger partial charge is 0.361 e. The van der Waals surface area contributed by atoms with Crippen molar-refractivity contribution in [3.8, 4) is 0 Å². The number of hydrogen-bond donors (Lipinski definition) is 2. The Balaban J connectivity index is 1.63. The second kappa shape index (κ2) is 5.21. The number of rotatable bonds is 4. The number of aryl methyl sites for hydroxylation is 1. The summed E-state index contributed by atoms with van der Waals surface area (Å²) in [4.78, 5) is 19.2. The van der Waals surface area contributed by atoms with Gasteiger partial charge in [0.1, 0.15) is 0 Å². The quantitative estimate of drug-likeness (QED) is 0.759. The molecule has 0 saturated heterocycles. The van der Waals surface area contributed by atoms with Crippen molar-refractivity contribution >= 4 is 16.8 Å². The van der Waals surface area contributed by atoms with Gasteiger partial charge in [-0.05, 0) is 18.1 Å². The van der Waals surface area contributed by atoms with Crippen molar-refractivity contribution in [3.05, 3.63) is 54.2 Å². The first-order valence-electron chi connectivity index (χ1n) is 6.56. The summed E-state index contributed by atoms with van der Waals surface area (Å²) in [5, 5.41) is 4.10. The topological polar surface area (TPSA) is 62.7 Å². The molecule has 0 radical (unpaired) electrons. The van der Waals surface area contributed by atoms with E-state index in [9.17, 15) is 4.79 Å². The fraction of sp³-hybridized carbons (Fsp3) is 0.200. The minimum absolute atomic E-state index is 0.141. The van der Waals surface area contributed by atoms with E-state index >= 15 is 0 Å². The number of aromatic amines is 1. The van der Waals surface area contributed by atoms with Gasteiger partial charge in [-0.1, -0.05) is 18.2 Å². The standard InChI is InChI=1S/C15H16N4O/c1-19-9-8-16-14(19)15(20)17-7-6-11-10-18-13-5-3-2-4-12(11)13/h2-5,8-10,18H,6-7H2,1H3,(H,17,20). The number of amides is 1. The summed E-state index contributed by atoms with van der Waals surface area (Å²) in [7, 11) is 1.81. The Kier molecular flexibility index (Phi) is 3.25.